The normalized spacial score (nSPS) is 16.3. The summed E-state index contributed by atoms with van der Waals surface area (Å²) in [5.74, 6) is 0.710. The molecule has 1 atom stereocenters. The third-order valence-electron chi connectivity index (χ3n) is 3.68. The highest BCUT2D eigenvalue weighted by Crippen LogP contribution is 2.46. The SMILES string of the molecule is O=[N+]([O-])c1cc(C(F)(F)F)ccc1C(Cl)c1cnoc1C1CC1. The van der Waals surface area contributed by atoms with Gasteiger partial charge in [0.25, 0.3) is 5.69 Å². The molecule has 1 unspecified atom stereocenters. The Morgan fingerprint density at radius 2 is 2.04 bits per heavy atom. The molecule has 5 nitrogen and oxygen atoms in total. The summed E-state index contributed by atoms with van der Waals surface area (Å²) in [7, 11) is 0. The Balaban J connectivity index is 2.04. The lowest BCUT2D eigenvalue weighted by Crippen LogP contribution is -2.08. The van der Waals surface area contributed by atoms with E-state index in [0.717, 1.165) is 25.0 Å². The molecular weight excluding hydrogens is 337 g/mol. The molecule has 0 aliphatic heterocycles. The van der Waals surface area contributed by atoms with Gasteiger partial charge in [-0.2, -0.15) is 13.2 Å². The Labute approximate surface area is 133 Å². The molecule has 0 spiro atoms. The minimum absolute atomic E-state index is 0.0187. The second-order valence-electron chi connectivity index (χ2n) is 5.31. The van der Waals surface area contributed by atoms with Crippen LogP contribution in [0.1, 0.15) is 46.6 Å². The fourth-order valence-corrected chi connectivity index (χ4v) is 2.71. The summed E-state index contributed by atoms with van der Waals surface area (Å²) >= 11 is 6.28. The molecule has 0 radical (unpaired) electrons. The number of nitro benzene ring substituents is 1. The summed E-state index contributed by atoms with van der Waals surface area (Å²) in [6.07, 6.45) is -1.50. The zero-order valence-corrected chi connectivity index (χ0v) is 12.3. The molecule has 1 fully saturated rings. The number of aromatic nitrogens is 1. The minimum atomic E-state index is -4.67. The third-order valence-corrected chi connectivity index (χ3v) is 4.15. The molecule has 0 N–H and O–H groups in total. The predicted molar refractivity (Wildman–Crippen MR) is 74.3 cm³/mol. The van der Waals surface area contributed by atoms with Gasteiger partial charge in [0.2, 0.25) is 0 Å². The molecule has 1 aliphatic carbocycles. The van der Waals surface area contributed by atoms with Crippen LogP contribution in [0.15, 0.2) is 28.9 Å². The van der Waals surface area contributed by atoms with E-state index >= 15 is 0 Å². The highest BCUT2D eigenvalue weighted by Gasteiger charge is 2.37. The Hall–Kier alpha value is -2.09. The van der Waals surface area contributed by atoms with Gasteiger partial charge >= 0.3 is 6.18 Å². The summed E-state index contributed by atoms with van der Waals surface area (Å²) in [6, 6.07) is 2.30. The first kappa shape index (κ1) is 15.8. The van der Waals surface area contributed by atoms with Gasteiger partial charge in [-0.3, -0.25) is 10.1 Å². The number of rotatable bonds is 4. The summed E-state index contributed by atoms with van der Waals surface area (Å²) in [5, 5.41) is 13.8. The molecule has 3 rings (SSSR count). The van der Waals surface area contributed by atoms with Crippen LogP contribution in [0.4, 0.5) is 18.9 Å². The van der Waals surface area contributed by atoms with Gasteiger partial charge in [0.05, 0.1) is 27.6 Å². The quantitative estimate of drug-likeness (QED) is 0.452. The Bertz CT molecular complexity index is 756. The van der Waals surface area contributed by atoms with Gasteiger partial charge in [-0.05, 0) is 25.0 Å². The number of benzene rings is 1. The van der Waals surface area contributed by atoms with Crippen molar-refractivity contribution >= 4 is 17.3 Å². The number of hydrogen-bond acceptors (Lipinski definition) is 4. The first-order chi connectivity index (χ1) is 10.8. The molecule has 0 amide bonds. The Morgan fingerprint density at radius 3 is 2.61 bits per heavy atom. The molecule has 23 heavy (non-hydrogen) atoms. The van der Waals surface area contributed by atoms with Crippen molar-refractivity contribution < 1.29 is 22.6 Å². The van der Waals surface area contributed by atoms with Crippen molar-refractivity contribution in [1.29, 1.82) is 0 Å². The monoisotopic (exact) mass is 346 g/mol. The fourth-order valence-electron chi connectivity index (χ4n) is 2.36. The van der Waals surface area contributed by atoms with Crippen molar-refractivity contribution in [2.75, 3.05) is 0 Å². The summed E-state index contributed by atoms with van der Waals surface area (Å²) in [4.78, 5) is 10.3. The van der Waals surface area contributed by atoms with Crippen LogP contribution in [0.2, 0.25) is 0 Å². The van der Waals surface area contributed by atoms with Crippen molar-refractivity contribution in [3.63, 3.8) is 0 Å². The van der Waals surface area contributed by atoms with E-state index in [0.29, 0.717) is 17.4 Å². The minimum Gasteiger partial charge on any atom is -0.361 e. The molecule has 1 aromatic carbocycles. The zero-order valence-electron chi connectivity index (χ0n) is 11.5. The molecule has 2 aromatic rings. The molecular formula is C14H10ClF3N2O3. The van der Waals surface area contributed by atoms with Gasteiger partial charge in [0, 0.05) is 17.5 Å². The van der Waals surface area contributed by atoms with E-state index in [1.807, 2.05) is 0 Å². The van der Waals surface area contributed by atoms with Crippen molar-refractivity contribution in [2.45, 2.75) is 30.3 Å². The van der Waals surface area contributed by atoms with Gasteiger partial charge in [0.15, 0.2) is 0 Å². The van der Waals surface area contributed by atoms with Gasteiger partial charge in [-0.1, -0.05) is 5.16 Å². The average Bonchev–Trinajstić information content (AvgIpc) is 3.22. The second kappa shape index (κ2) is 5.52. The molecule has 1 aromatic heterocycles. The van der Waals surface area contributed by atoms with Crippen LogP contribution in [0, 0.1) is 10.1 Å². The average molecular weight is 347 g/mol. The van der Waals surface area contributed by atoms with Gasteiger partial charge in [-0.25, -0.2) is 0 Å². The van der Waals surface area contributed by atoms with Crippen LogP contribution in [0.5, 0.6) is 0 Å². The molecule has 122 valence electrons. The molecule has 1 aliphatic rings. The fraction of sp³-hybridized carbons (Fsp3) is 0.357. The van der Waals surface area contributed by atoms with Crippen LogP contribution in [0.3, 0.4) is 0 Å². The van der Waals surface area contributed by atoms with Crippen molar-refractivity contribution in [3.8, 4) is 0 Å². The number of nitro groups is 1. The number of nitrogens with zero attached hydrogens (tertiary/aromatic N) is 2. The second-order valence-corrected chi connectivity index (χ2v) is 5.75. The standard InChI is InChI=1S/C14H10ClF3N2O3/c15-12(10-6-19-23-13(10)7-1-2-7)9-4-3-8(14(16,17)18)5-11(9)20(21)22/h3-7,12H,1-2H2. The van der Waals surface area contributed by atoms with E-state index in [9.17, 15) is 23.3 Å². The largest absolute Gasteiger partial charge is 0.416 e. The topological polar surface area (TPSA) is 69.2 Å². The first-order valence-electron chi connectivity index (χ1n) is 6.73. The summed E-state index contributed by atoms with van der Waals surface area (Å²) in [6.45, 7) is 0. The summed E-state index contributed by atoms with van der Waals surface area (Å²) in [5.41, 5.74) is -1.33. The van der Waals surface area contributed by atoms with Crippen molar-refractivity contribution in [2.24, 2.45) is 0 Å². The van der Waals surface area contributed by atoms with Gasteiger partial charge in [-0.15, -0.1) is 11.6 Å². The zero-order chi connectivity index (χ0) is 16.8. The highest BCUT2D eigenvalue weighted by atomic mass is 35.5. The lowest BCUT2D eigenvalue weighted by atomic mass is 10.00. The van der Waals surface area contributed by atoms with Crippen LogP contribution in [0.25, 0.3) is 0 Å². The van der Waals surface area contributed by atoms with E-state index in [4.69, 9.17) is 16.1 Å². The lowest BCUT2D eigenvalue weighted by Gasteiger charge is -2.12. The summed E-state index contributed by atoms with van der Waals surface area (Å²) < 4.78 is 43.3. The van der Waals surface area contributed by atoms with E-state index in [1.165, 1.54) is 6.20 Å². The van der Waals surface area contributed by atoms with E-state index in [-0.39, 0.29) is 11.5 Å². The van der Waals surface area contributed by atoms with Crippen LogP contribution >= 0.6 is 11.6 Å². The maximum Gasteiger partial charge on any atom is 0.416 e. The third kappa shape index (κ3) is 3.03. The van der Waals surface area contributed by atoms with Gasteiger partial charge in [0.1, 0.15) is 5.76 Å². The molecule has 1 saturated carbocycles. The maximum atomic E-state index is 12.7. The smallest absolute Gasteiger partial charge is 0.361 e. The van der Waals surface area contributed by atoms with E-state index < -0.39 is 27.7 Å². The maximum absolute atomic E-state index is 12.7. The van der Waals surface area contributed by atoms with Gasteiger partial charge < -0.3 is 4.52 Å². The van der Waals surface area contributed by atoms with Crippen molar-refractivity contribution in [1.82, 2.24) is 5.16 Å². The van der Waals surface area contributed by atoms with Crippen LogP contribution < -0.4 is 0 Å². The number of halogens is 4. The van der Waals surface area contributed by atoms with Crippen LogP contribution in [-0.4, -0.2) is 10.1 Å². The van der Waals surface area contributed by atoms with E-state index in [1.54, 1.807) is 0 Å². The number of alkyl halides is 4. The Kier molecular flexibility index (Phi) is 3.79. The molecule has 0 saturated heterocycles. The van der Waals surface area contributed by atoms with E-state index in [2.05, 4.69) is 5.16 Å². The first-order valence-corrected chi connectivity index (χ1v) is 7.16. The highest BCUT2D eigenvalue weighted by molar-refractivity contribution is 6.23. The van der Waals surface area contributed by atoms with Crippen LogP contribution in [-0.2, 0) is 6.18 Å². The Morgan fingerprint density at radius 1 is 1.35 bits per heavy atom. The number of hydrogen-bond donors (Lipinski definition) is 0. The molecule has 0 bridgehead atoms. The molecule has 1 heterocycles. The lowest BCUT2D eigenvalue weighted by molar-refractivity contribution is -0.385. The molecule has 9 heteroatoms. The van der Waals surface area contributed by atoms with Crippen molar-refractivity contribution in [3.05, 3.63) is 57.0 Å². The predicted octanol–water partition coefficient (Wildman–Crippen LogP) is 4.81.